The molecule has 1 atom stereocenters. The fourth-order valence-corrected chi connectivity index (χ4v) is 1.83. The van der Waals surface area contributed by atoms with Crippen molar-refractivity contribution in [3.05, 3.63) is 0 Å². The number of methoxy groups -OCH3 is 1. The monoisotopic (exact) mass is 269 g/mol. The molecule has 0 bridgehead atoms. The van der Waals surface area contributed by atoms with Crippen LogP contribution < -0.4 is 0 Å². The molecule has 0 fully saturated rings. The molecule has 0 aliphatic rings. The van der Waals surface area contributed by atoms with Crippen LogP contribution in [0.3, 0.4) is 0 Å². The molecule has 0 aromatic rings. The smallest absolute Gasteiger partial charge is 0.148 e. The Morgan fingerprint density at radius 3 is 2.53 bits per heavy atom. The second-order valence-corrected chi connectivity index (χ2v) is 6.37. The van der Waals surface area contributed by atoms with Gasteiger partial charge in [0.25, 0.3) is 0 Å². The SMILES string of the molecule is COCCOCC(O)CN(C)CCS(C)(=O)=O. The summed E-state index contributed by atoms with van der Waals surface area (Å²) < 4.78 is 31.8. The van der Waals surface area contributed by atoms with E-state index in [1.807, 2.05) is 0 Å². The van der Waals surface area contributed by atoms with E-state index in [-0.39, 0.29) is 12.4 Å². The second kappa shape index (κ2) is 8.82. The van der Waals surface area contributed by atoms with Crippen molar-refractivity contribution in [3.8, 4) is 0 Å². The Labute approximate surface area is 103 Å². The Hall–Kier alpha value is -0.210. The molecule has 7 heteroatoms. The molecule has 1 N–H and O–H groups in total. The Morgan fingerprint density at radius 2 is 2.00 bits per heavy atom. The number of rotatable bonds is 10. The van der Waals surface area contributed by atoms with Gasteiger partial charge in [0.05, 0.1) is 31.7 Å². The maximum atomic E-state index is 10.9. The largest absolute Gasteiger partial charge is 0.389 e. The Bertz CT molecular complexity index is 280. The van der Waals surface area contributed by atoms with Crippen LogP contribution in [0.1, 0.15) is 0 Å². The molecule has 17 heavy (non-hydrogen) atoms. The minimum atomic E-state index is -2.95. The van der Waals surface area contributed by atoms with E-state index in [1.54, 1.807) is 19.1 Å². The van der Waals surface area contributed by atoms with Gasteiger partial charge in [0.1, 0.15) is 9.84 Å². The summed E-state index contributed by atoms with van der Waals surface area (Å²) in [4.78, 5) is 1.77. The summed E-state index contributed by atoms with van der Waals surface area (Å²) >= 11 is 0. The first-order valence-corrected chi connectivity index (χ1v) is 7.52. The zero-order valence-electron chi connectivity index (χ0n) is 10.8. The van der Waals surface area contributed by atoms with Crippen molar-refractivity contribution in [1.29, 1.82) is 0 Å². The lowest BCUT2D eigenvalue weighted by molar-refractivity contribution is 0.00297. The van der Waals surface area contributed by atoms with E-state index in [4.69, 9.17) is 9.47 Å². The minimum Gasteiger partial charge on any atom is -0.389 e. The third-order valence-corrected chi connectivity index (χ3v) is 3.03. The summed E-state index contributed by atoms with van der Waals surface area (Å²) in [5.74, 6) is 0.0980. The number of aliphatic hydroxyl groups is 1. The highest BCUT2D eigenvalue weighted by molar-refractivity contribution is 7.90. The first-order valence-electron chi connectivity index (χ1n) is 5.46. The van der Waals surface area contributed by atoms with Gasteiger partial charge in [0.2, 0.25) is 0 Å². The van der Waals surface area contributed by atoms with E-state index >= 15 is 0 Å². The van der Waals surface area contributed by atoms with E-state index < -0.39 is 15.9 Å². The fraction of sp³-hybridized carbons (Fsp3) is 1.00. The van der Waals surface area contributed by atoms with E-state index in [0.717, 1.165) is 0 Å². The van der Waals surface area contributed by atoms with Crippen LogP contribution in [0.25, 0.3) is 0 Å². The summed E-state index contributed by atoms with van der Waals surface area (Å²) in [6.45, 7) is 1.97. The first-order chi connectivity index (χ1) is 7.85. The molecule has 0 aliphatic heterocycles. The molecule has 0 saturated carbocycles. The first kappa shape index (κ1) is 16.8. The molecule has 0 heterocycles. The molecule has 1 unspecified atom stereocenters. The van der Waals surface area contributed by atoms with Crippen LogP contribution in [-0.4, -0.2) is 83.6 Å². The van der Waals surface area contributed by atoms with Crippen LogP contribution in [-0.2, 0) is 19.3 Å². The maximum absolute atomic E-state index is 10.9. The number of nitrogens with zero attached hydrogens (tertiary/aromatic N) is 1. The van der Waals surface area contributed by atoms with Crippen LogP contribution in [0.4, 0.5) is 0 Å². The highest BCUT2D eigenvalue weighted by atomic mass is 32.2. The van der Waals surface area contributed by atoms with Crippen molar-refractivity contribution in [2.24, 2.45) is 0 Å². The van der Waals surface area contributed by atoms with Gasteiger partial charge in [0.15, 0.2) is 0 Å². The molecule has 104 valence electrons. The summed E-state index contributed by atoms with van der Waals surface area (Å²) in [5, 5.41) is 9.59. The van der Waals surface area contributed by atoms with E-state index in [1.165, 1.54) is 6.26 Å². The minimum absolute atomic E-state index is 0.0980. The average molecular weight is 269 g/mol. The second-order valence-electron chi connectivity index (χ2n) is 4.11. The zero-order valence-corrected chi connectivity index (χ0v) is 11.6. The molecular weight excluding hydrogens is 246 g/mol. The third-order valence-electron chi connectivity index (χ3n) is 2.11. The van der Waals surface area contributed by atoms with Gasteiger partial charge < -0.3 is 19.5 Å². The number of sulfone groups is 1. The van der Waals surface area contributed by atoms with Crippen LogP contribution in [0.15, 0.2) is 0 Å². The van der Waals surface area contributed by atoms with Crippen LogP contribution >= 0.6 is 0 Å². The van der Waals surface area contributed by atoms with Gasteiger partial charge in [-0.3, -0.25) is 0 Å². The van der Waals surface area contributed by atoms with E-state index in [9.17, 15) is 13.5 Å². The molecule has 0 rings (SSSR count). The summed E-state index contributed by atoms with van der Waals surface area (Å²) in [7, 11) is 0.399. The lowest BCUT2D eigenvalue weighted by Gasteiger charge is -2.20. The molecule has 6 nitrogen and oxygen atoms in total. The van der Waals surface area contributed by atoms with Crippen molar-refractivity contribution in [1.82, 2.24) is 4.90 Å². The fourth-order valence-electron chi connectivity index (χ4n) is 1.19. The third kappa shape index (κ3) is 12.0. The molecule has 0 saturated heterocycles. The highest BCUT2D eigenvalue weighted by Gasteiger charge is 2.10. The normalized spacial score (nSPS) is 14.2. The van der Waals surface area contributed by atoms with Crippen molar-refractivity contribution in [2.75, 3.05) is 59.1 Å². The predicted octanol–water partition coefficient (Wildman–Crippen LogP) is -1.01. The standard InChI is InChI=1S/C10H23NO5S/c1-11(4-7-17(3,13)14)8-10(12)9-16-6-5-15-2/h10,12H,4-9H2,1-3H3. The summed E-state index contributed by atoms with van der Waals surface area (Å²) in [6, 6.07) is 0. The lowest BCUT2D eigenvalue weighted by Crippen LogP contribution is -2.35. The van der Waals surface area contributed by atoms with Crippen LogP contribution in [0.5, 0.6) is 0 Å². The molecule has 0 amide bonds. The van der Waals surface area contributed by atoms with Gasteiger partial charge in [-0.1, -0.05) is 0 Å². The molecule has 0 aromatic heterocycles. The van der Waals surface area contributed by atoms with Gasteiger partial charge in [-0.2, -0.15) is 0 Å². The number of hydrogen-bond donors (Lipinski definition) is 1. The van der Waals surface area contributed by atoms with Gasteiger partial charge in [0, 0.05) is 26.5 Å². The van der Waals surface area contributed by atoms with Gasteiger partial charge in [-0.05, 0) is 7.05 Å². The summed E-state index contributed by atoms with van der Waals surface area (Å²) in [6.07, 6.45) is 0.585. The average Bonchev–Trinajstić information content (AvgIpc) is 2.21. The van der Waals surface area contributed by atoms with Crippen molar-refractivity contribution < 1.29 is 23.0 Å². The number of hydrogen-bond acceptors (Lipinski definition) is 6. The Morgan fingerprint density at radius 1 is 1.35 bits per heavy atom. The number of ether oxygens (including phenoxy) is 2. The Kier molecular flexibility index (Phi) is 8.71. The Balaban J connectivity index is 3.62. The van der Waals surface area contributed by atoms with Crippen LogP contribution in [0.2, 0.25) is 0 Å². The molecule has 0 radical (unpaired) electrons. The number of aliphatic hydroxyl groups excluding tert-OH is 1. The van der Waals surface area contributed by atoms with Crippen molar-refractivity contribution in [2.45, 2.75) is 6.10 Å². The van der Waals surface area contributed by atoms with Gasteiger partial charge >= 0.3 is 0 Å². The van der Waals surface area contributed by atoms with Crippen molar-refractivity contribution in [3.63, 3.8) is 0 Å². The van der Waals surface area contributed by atoms with Gasteiger partial charge in [-0.15, -0.1) is 0 Å². The molecule has 0 aromatic carbocycles. The zero-order chi connectivity index (χ0) is 13.3. The van der Waals surface area contributed by atoms with E-state index in [0.29, 0.717) is 26.3 Å². The highest BCUT2D eigenvalue weighted by Crippen LogP contribution is 1.93. The topological polar surface area (TPSA) is 76.1 Å². The molecule has 0 spiro atoms. The summed E-state index contributed by atoms with van der Waals surface area (Å²) in [5.41, 5.74) is 0. The quantitative estimate of drug-likeness (QED) is 0.512. The van der Waals surface area contributed by atoms with Gasteiger partial charge in [-0.25, -0.2) is 8.42 Å². The maximum Gasteiger partial charge on any atom is 0.148 e. The number of likely N-dealkylation sites (N-methyl/N-ethyl adjacent to an activating group) is 1. The van der Waals surface area contributed by atoms with Crippen LogP contribution in [0, 0.1) is 0 Å². The predicted molar refractivity (Wildman–Crippen MR) is 65.9 cm³/mol. The lowest BCUT2D eigenvalue weighted by atomic mass is 10.3. The van der Waals surface area contributed by atoms with E-state index in [2.05, 4.69) is 0 Å². The van der Waals surface area contributed by atoms with Crippen molar-refractivity contribution >= 4 is 9.84 Å². The molecule has 0 aliphatic carbocycles. The molecular formula is C10H23NO5S.